The van der Waals surface area contributed by atoms with E-state index in [2.05, 4.69) is 36.5 Å². The van der Waals surface area contributed by atoms with Gasteiger partial charge in [-0.15, -0.1) is 0 Å². The zero-order chi connectivity index (χ0) is 11.7. The van der Waals surface area contributed by atoms with Gasteiger partial charge in [-0.3, -0.25) is 0 Å². The number of rotatable bonds is 3. The first-order valence-corrected chi connectivity index (χ1v) is 6.72. The highest BCUT2D eigenvalue weighted by atomic mass is 16.5. The second kappa shape index (κ2) is 4.79. The summed E-state index contributed by atoms with van der Waals surface area (Å²) < 4.78 is 5.39. The molecule has 1 heterocycles. The minimum Gasteiger partial charge on any atom is -0.380 e. The molecular formula is C15H21NO. The Bertz CT molecular complexity index is 378. The van der Waals surface area contributed by atoms with E-state index < -0.39 is 0 Å². The molecule has 1 saturated carbocycles. The van der Waals surface area contributed by atoms with Crippen LogP contribution in [0.3, 0.4) is 0 Å². The van der Waals surface area contributed by atoms with Gasteiger partial charge in [-0.1, -0.05) is 24.3 Å². The largest absolute Gasteiger partial charge is 0.380 e. The van der Waals surface area contributed by atoms with Crippen LogP contribution in [0.2, 0.25) is 0 Å². The summed E-state index contributed by atoms with van der Waals surface area (Å²) in [6.45, 7) is 4.07. The molecule has 0 bridgehead atoms. The lowest BCUT2D eigenvalue weighted by Crippen LogP contribution is -2.45. The Morgan fingerprint density at radius 2 is 2.00 bits per heavy atom. The van der Waals surface area contributed by atoms with Crippen molar-refractivity contribution in [2.45, 2.75) is 44.2 Å². The topological polar surface area (TPSA) is 21.3 Å². The van der Waals surface area contributed by atoms with Crippen molar-refractivity contribution in [3.8, 4) is 0 Å². The molecule has 92 valence electrons. The van der Waals surface area contributed by atoms with Crippen LogP contribution in [0.4, 0.5) is 0 Å². The number of benzene rings is 1. The molecule has 1 N–H and O–H groups in total. The zero-order valence-corrected chi connectivity index (χ0v) is 10.5. The third-order valence-electron chi connectivity index (χ3n) is 4.17. The van der Waals surface area contributed by atoms with Crippen LogP contribution in [0.5, 0.6) is 0 Å². The molecule has 1 unspecified atom stereocenters. The van der Waals surface area contributed by atoms with Crippen LogP contribution in [-0.4, -0.2) is 25.3 Å². The quantitative estimate of drug-likeness (QED) is 0.863. The van der Waals surface area contributed by atoms with Crippen LogP contribution >= 0.6 is 0 Å². The molecule has 2 heteroatoms. The second-order valence-electron chi connectivity index (χ2n) is 5.45. The fraction of sp³-hybridized carbons (Fsp3) is 0.600. The molecule has 0 aromatic heterocycles. The van der Waals surface area contributed by atoms with Gasteiger partial charge < -0.3 is 10.1 Å². The average molecular weight is 231 g/mol. The predicted octanol–water partition coefficient (Wildman–Crippen LogP) is 2.62. The Balaban J connectivity index is 1.52. The smallest absolute Gasteiger partial charge is 0.0620 e. The van der Waals surface area contributed by atoms with Gasteiger partial charge >= 0.3 is 0 Å². The Morgan fingerprint density at radius 3 is 2.71 bits per heavy atom. The van der Waals surface area contributed by atoms with Crippen molar-refractivity contribution in [2.24, 2.45) is 0 Å². The zero-order valence-electron chi connectivity index (χ0n) is 10.5. The van der Waals surface area contributed by atoms with Crippen molar-refractivity contribution in [1.29, 1.82) is 0 Å². The van der Waals surface area contributed by atoms with Crippen LogP contribution in [0.25, 0.3) is 0 Å². The lowest BCUT2D eigenvalue weighted by Gasteiger charge is -2.38. The molecule has 0 amide bonds. The average Bonchev–Trinajstić information content (AvgIpc) is 2.77. The van der Waals surface area contributed by atoms with E-state index in [1.165, 1.54) is 24.8 Å². The molecule has 0 spiro atoms. The summed E-state index contributed by atoms with van der Waals surface area (Å²) in [4.78, 5) is 0. The van der Waals surface area contributed by atoms with Gasteiger partial charge in [0.15, 0.2) is 0 Å². The third-order valence-corrected chi connectivity index (χ3v) is 4.17. The SMILES string of the molecule is Cc1ccccc1C1CC(NC2CCOC2)C1. The highest BCUT2D eigenvalue weighted by Gasteiger charge is 2.32. The van der Waals surface area contributed by atoms with E-state index in [4.69, 9.17) is 4.74 Å². The van der Waals surface area contributed by atoms with Crippen molar-refractivity contribution in [2.75, 3.05) is 13.2 Å². The van der Waals surface area contributed by atoms with Crippen LogP contribution in [0, 0.1) is 6.92 Å². The molecule has 1 saturated heterocycles. The van der Waals surface area contributed by atoms with E-state index in [0.717, 1.165) is 19.1 Å². The highest BCUT2D eigenvalue weighted by Crippen LogP contribution is 2.38. The van der Waals surface area contributed by atoms with Gasteiger partial charge in [0, 0.05) is 18.7 Å². The molecule has 17 heavy (non-hydrogen) atoms. The number of ether oxygens (including phenoxy) is 1. The summed E-state index contributed by atoms with van der Waals surface area (Å²) in [5.74, 6) is 0.774. The lowest BCUT2D eigenvalue weighted by molar-refractivity contribution is 0.180. The Labute approximate surface area is 103 Å². The summed E-state index contributed by atoms with van der Waals surface area (Å²) in [6, 6.07) is 10.1. The monoisotopic (exact) mass is 231 g/mol. The maximum absolute atomic E-state index is 5.39. The normalized spacial score (nSPS) is 32.4. The Morgan fingerprint density at radius 1 is 1.18 bits per heavy atom. The molecule has 1 aromatic rings. The van der Waals surface area contributed by atoms with Crippen LogP contribution in [0.15, 0.2) is 24.3 Å². The molecule has 1 atom stereocenters. The van der Waals surface area contributed by atoms with Crippen LogP contribution < -0.4 is 5.32 Å². The van der Waals surface area contributed by atoms with Crippen molar-refractivity contribution >= 4 is 0 Å². The van der Waals surface area contributed by atoms with Gasteiger partial charge in [0.1, 0.15) is 0 Å². The first-order valence-electron chi connectivity index (χ1n) is 6.72. The molecular weight excluding hydrogens is 210 g/mol. The fourth-order valence-electron chi connectivity index (χ4n) is 3.05. The van der Waals surface area contributed by atoms with Gasteiger partial charge in [0.2, 0.25) is 0 Å². The van der Waals surface area contributed by atoms with Crippen molar-refractivity contribution < 1.29 is 4.74 Å². The van der Waals surface area contributed by atoms with E-state index in [0.29, 0.717) is 12.1 Å². The number of hydrogen-bond donors (Lipinski definition) is 1. The minimum atomic E-state index is 0.609. The maximum atomic E-state index is 5.39. The summed E-state index contributed by atoms with van der Waals surface area (Å²) in [6.07, 6.45) is 3.77. The molecule has 1 aromatic carbocycles. The number of nitrogens with one attached hydrogen (secondary N) is 1. The van der Waals surface area contributed by atoms with Gasteiger partial charge in [-0.25, -0.2) is 0 Å². The maximum Gasteiger partial charge on any atom is 0.0620 e. The van der Waals surface area contributed by atoms with Gasteiger partial charge in [-0.05, 0) is 43.2 Å². The summed E-state index contributed by atoms with van der Waals surface area (Å²) in [5.41, 5.74) is 2.99. The van der Waals surface area contributed by atoms with E-state index >= 15 is 0 Å². The van der Waals surface area contributed by atoms with E-state index in [1.54, 1.807) is 5.56 Å². The first kappa shape index (κ1) is 11.2. The number of hydrogen-bond acceptors (Lipinski definition) is 2. The molecule has 1 aliphatic heterocycles. The van der Waals surface area contributed by atoms with Gasteiger partial charge in [-0.2, -0.15) is 0 Å². The first-order chi connectivity index (χ1) is 8.33. The van der Waals surface area contributed by atoms with E-state index in [-0.39, 0.29) is 0 Å². The molecule has 1 aliphatic carbocycles. The number of aryl methyl sites for hydroxylation is 1. The van der Waals surface area contributed by atoms with Gasteiger partial charge in [0.25, 0.3) is 0 Å². The third kappa shape index (κ3) is 2.38. The lowest BCUT2D eigenvalue weighted by atomic mass is 9.74. The Kier molecular flexibility index (Phi) is 3.17. The van der Waals surface area contributed by atoms with Crippen LogP contribution in [0.1, 0.15) is 36.3 Å². The molecule has 3 rings (SSSR count). The highest BCUT2D eigenvalue weighted by molar-refractivity contribution is 5.31. The van der Waals surface area contributed by atoms with Crippen molar-refractivity contribution in [3.63, 3.8) is 0 Å². The van der Waals surface area contributed by atoms with Crippen molar-refractivity contribution in [1.82, 2.24) is 5.32 Å². The molecule has 2 nitrogen and oxygen atoms in total. The Hall–Kier alpha value is -0.860. The summed E-state index contributed by atoms with van der Waals surface area (Å²) in [5, 5.41) is 3.71. The summed E-state index contributed by atoms with van der Waals surface area (Å²) >= 11 is 0. The summed E-state index contributed by atoms with van der Waals surface area (Å²) in [7, 11) is 0. The van der Waals surface area contributed by atoms with Gasteiger partial charge in [0.05, 0.1) is 6.61 Å². The molecule has 0 radical (unpaired) electrons. The van der Waals surface area contributed by atoms with E-state index in [9.17, 15) is 0 Å². The second-order valence-corrected chi connectivity index (χ2v) is 5.45. The van der Waals surface area contributed by atoms with Crippen LogP contribution in [-0.2, 0) is 4.74 Å². The molecule has 2 fully saturated rings. The molecule has 2 aliphatic rings. The predicted molar refractivity (Wildman–Crippen MR) is 69.3 cm³/mol. The standard InChI is InChI=1S/C15H21NO/c1-11-4-2-3-5-15(11)12-8-14(9-12)16-13-6-7-17-10-13/h2-5,12-14,16H,6-10H2,1H3. The van der Waals surface area contributed by atoms with E-state index in [1.807, 2.05) is 0 Å². The minimum absolute atomic E-state index is 0.609. The van der Waals surface area contributed by atoms with Crippen molar-refractivity contribution in [3.05, 3.63) is 35.4 Å². The fourth-order valence-corrected chi connectivity index (χ4v) is 3.05.